The lowest BCUT2D eigenvalue weighted by molar-refractivity contribution is 0.0947. The van der Waals surface area contributed by atoms with Crippen LogP contribution in [0, 0.1) is 17.8 Å². The number of rotatable bonds is 3. The fraction of sp³-hybridized carbons (Fsp3) is 0.438. The molecule has 0 radical (unpaired) electrons. The van der Waals surface area contributed by atoms with Gasteiger partial charge in [-0.1, -0.05) is 17.9 Å². The number of nitrogens with two attached hydrogens (primary N) is 1. The van der Waals surface area contributed by atoms with Crippen LogP contribution in [0.15, 0.2) is 24.3 Å². The number of nitrogens with zero attached hydrogens (tertiary/aromatic N) is 1. The summed E-state index contributed by atoms with van der Waals surface area (Å²) < 4.78 is 0. The summed E-state index contributed by atoms with van der Waals surface area (Å²) in [5.74, 6) is 6.26. The summed E-state index contributed by atoms with van der Waals surface area (Å²) in [6.45, 7) is 3.24. The molecule has 3 N–H and O–H groups in total. The average molecular weight is 271 g/mol. The highest BCUT2D eigenvalue weighted by Crippen LogP contribution is 2.13. The molecule has 1 aromatic rings. The molecular weight excluding hydrogens is 250 g/mol. The van der Waals surface area contributed by atoms with E-state index in [0.717, 1.165) is 31.6 Å². The fourth-order valence-electron chi connectivity index (χ4n) is 2.42. The van der Waals surface area contributed by atoms with E-state index in [4.69, 9.17) is 5.73 Å². The Morgan fingerprint density at radius 2 is 2.40 bits per heavy atom. The molecule has 0 bridgehead atoms. The van der Waals surface area contributed by atoms with E-state index >= 15 is 0 Å². The second-order valence-electron chi connectivity index (χ2n) is 5.21. The molecule has 106 valence electrons. The van der Waals surface area contributed by atoms with Crippen molar-refractivity contribution < 1.29 is 4.79 Å². The van der Waals surface area contributed by atoms with E-state index in [1.807, 2.05) is 18.2 Å². The first-order chi connectivity index (χ1) is 9.69. The molecule has 2 rings (SSSR count). The number of carbonyl (C=O) groups excluding carboxylic acids is 1. The third-order valence-corrected chi connectivity index (χ3v) is 3.50. The van der Waals surface area contributed by atoms with Gasteiger partial charge in [0.2, 0.25) is 0 Å². The first kappa shape index (κ1) is 14.6. The third-order valence-electron chi connectivity index (χ3n) is 3.50. The molecule has 20 heavy (non-hydrogen) atoms. The van der Waals surface area contributed by atoms with Crippen molar-refractivity contribution in [1.82, 2.24) is 10.2 Å². The van der Waals surface area contributed by atoms with Gasteiger partial charge in [0.15, 0.2) is 0 Å². The molecule has 1 unspecified atom stereocenters. The first-order valence-corrected chi connectivity index (χ1v) is 6.95. The van der Waals surface area contributed by atoms with Crippen molar-refractivity contribution >= 4 is 5.91 Å². The minimum atomic E-state index is -0.0315. The van der Waals surface area contributed by atoms with Gasteiger partial charge in [-0.3, -0.25) is 4.79 Å². The standard InChI is InChI=1S/C16H21N3O/c1-19-9-7-14(12-19)11-18-16(20)15-6-2-4-13(10-15)5-3-8-17/h2,4,6,10,14H,7-9,11-12,17H2,1H3,(H,18,20). The maximum absolute atomic E-state index is 12.1. The van der Waals surface area contributed by atoms with Crippen LogP contribution < -0.4 is 11.1 Å². The van der Waals surface area contributed by atoms with E-state index in [2.05, 4.69) is 29.1 Å². The van der Waals surface area contributed by atoms with Gasteiger partial charge in [-0.05, 0) is 44.1 Å². The van der Waals surface area contributed by atoms with Crippen molar-refractivity contribution in [2.24, 2.45) is 11.7 Å². The van der Waals surface area contributed by atoms with Gasteiger partial charge in [-0.15, -0.1) is 0 Å². The van der Waals surface area contributed by atoms with Gasteiger partial charge in [-0.2, -0.15) is 0 Å². The molecule has 4 nitrogen and oxygen atoms in total. The molecule has 4 heteroatoms. The Bertz CT molecular complexity index is 530. The minimum absolute atomic E-state index is 0.0315. The zero-order valence-corrected chi connectivity index (χ0v) is 11.9. The predicted molar refractivity (Wildman–Crippen MR) is 80.3 cm³/mol. The summed E-state index contributed by atoms with van der Waals surface area (Å²) in [6.07, 6.45) is 1.15. The first-order valence-electron chi connectivity index (χ1n) is 6.95. The van der Waals surface area contributed by atoms with Crippen LogP contribution in [0.2, 0.25) is 0 Å². The number of likely N-dealkylation sites (tertiary alicyclic amines) is 1. The molecule has 0 saturated carbocycles. The molecule has 0 spiro atoms. The van der Waals surface area contributed by atoms with Crippen molar-refractivity contribution in [3.63, 3.8) is 0 Å². The maximum atomic E-state index is 12.1. The second kappa shape index (κ2) is 7.09. The average Bonchev–Trinajstić information content (AvgIpc) is 2.88. The SMILES string of the molecule is CN1CCC(CNC(=O)c2cccc(C#CCN)c2)C1. The number of hydrogen-bond acceptors (Lipinski definition) is 3. The number of nitrogens with one attached hydrogen (secondary N) is 1. The summed E-state index contributed by atoms with van der Waals surface area (Å²) in [5, 5.41) is 3.01. The van der Waals surface area contributed by atoms with Crippen LogP contribution >= 0.6 is 0 Å². The van der Waals surface area contributed by atoms with E-state index in [-0.39, 0.29) is 5.91 Å². The van der Waals surface area contributed by atoms with Gasteiger partial charge >= 0.3 is 0 Å². The van der Waals surface area contributed by atoms with Gasteiger partial charge < -0.3 is 16.0 Å². The lowest BCUT2D eigenvalue weighted by Crippen LogP contribution is -2.30. The van der Waals surface area contributed by atoms with Crippen LogP contribution in [-0.4, -0.2) is 44.0 Å². The molecular formula is C16H21N3O. The normalized spacial score (nSPS) is 18.4. The Balaban J connectivity index is 1.92. The smallest absolute Gasteiger partial charge is 0.251 e. The van der Waals surface area contributed by atoms with Crippen molar-refractivity contribution in [3.05, 3.63) is 35.4 Å². The number of hydrogen-bond donors (Lipinski definition) is 2. The Kier molecular flexibility index (Phi) is 5.16. The monoisotopic (exact) mass is 271 g/mol. The molecule has 1 aromatic carbocycles. The van der Waals surface area contributed by atoms with Crippen molar-refractivity contribution in [1.29, 1.82) is 0 Å². The van der Waals surface area contributed by atoms with Gasteiger partial charge in [0.25, 0.3) is 5.91 Å². The van der Waals surface area contributed by atoms with E-state index in [1.54, 1.807) is 6.07 Å². The molecule has 0 aromatic heterocycles. The van der Waals surface area contributed by atoms with E-state index in [0.29, 0.717) is 18.0 Å². The van der Waals surface area contributed by atoms with E-state index in [9.17, 15) is 4.79 Å². The van der Waals surface area contributed by atoms with Crippen molar-refractivity contribution in [2.75, 3.05) is 33.2 Å². The van der Waals surface area contributed by atoms with Crippen LogP contribution in [0.3, 0.4) is 0 Å². The zero-order chi connectivity index (χ0) is 14.4. The van der Waals surface area contributed by atoms with E-state index in [1.165, 1.54) is 0 Å². The highest BCUT2D eigenvalue weighted by molar-refractivity contribution is 5.94. The molecule has 1 aliphatic rings. The summed E-state index contributed by atoms with van der Waals surface area (Å²) in [4.78, 5) is 14.4. The van der Waals surface area contributed by atoms with Crippen LogP contribution in [-0.2, 0) is 0 Å². The lowest BCUT2D eigenvalue weighted by atomic mass is 10.1. The fourth-order valence-corrected chi connectivity index (χ4v) is 2.42. The van der Waals surface area contributed by atoms with Crippen LogP contribution in [0.1, 0.15) is 22.3 Å². The van der Waals surface area contributed by atoms with Crippen molar-refractivity contribution in [2.45, 2.75) is 6.42 Å². The second-order valence-corrected chi connectivity index (χ2v) is 5.21. The number of amides is 1. The summed E-state index contributed by atoms with van der Waals surface area (Å²) in [6, 6.07) is 7.34. The summed E-state index contributed by atoms with van der Waals surface area (Å²) >= 11 is 0. The van der Waals surface area contributed by atoms with Gasteiger partial charge in [-0.25, -0.2) is 0 Å². The molecule has 1 fully saturated rings. The topological polar surface area (TPSA) is 58.4 Å². The number of carbonyl (C=O) groups is 1. The highest BCUT2D eigenvalue weighted by atomic mass is 16.1. The summed E-state index contributed by atoms with van der Waals surface area (Å²) in [5.41, 5.74) is 6.82. The van der Waals surface area contributed by atoms with E-state index < -0.39 is 0 Å². The molecule has 0 aliphatic carbocycles. The Hall–Kier alpha value is -1.83. The largest absolute Gasteiger partial charge is 0.352 e. The zero-order valence-electron chi connectivity index (χ0n) is 11.9. The highest BCUT2D eigenvalue weighted by Gasteiger charge is 2.19. The molecule has 1 saturated heterocycles. The van der Waals surface area contributed by atoms with Crippen LogP contribution in [0.25, 0.3) is 0 Å². The van der Waals surface area contributed by atoms with Crippen molar-refractivity contribution in [3.8, 4) is 11.8 Å². The molecule has 1 heterocycles. The molecule has 1 amide bonds. The maximum Gasteiger partial charge on any atom is 0.251 e. The lowest BCUT2D eigenvalue weighted by Gasteiger charge is -2.11. The predicted octanol–water partition coefficient (Wildman–Crippen LogP) is 0.678. The van der Waals surface area contributed by atoms with Crippen LogP contribution in [0.5, 0.6) is 0 Å². The quantitative estimate of drug-likeness (QED) is 0.795. The summed E-state index contributed by atoms with van der Waals surface area (Å²) in [7, 11) is 2.11. The van der Waals surface area contributed by atoms with Gasteiger partial charge in [0, 0.05) is 24.2 Å². The van der Waals surface area contributed by atoms with Gasteiger partial charge in [0.05, 0.1) is 6.54 Å². The molecule has 1 aliphatic heterocycles. The Morgan fingerprint density at radius 1 is 1.55 bits per heavy atom. The molecule has 1 atom stereocenters. The van der Waals surface area contributed by atoms with Crippen LogP contribution in [0.4, 0.5) is 0 Å². The number of benzene rings is 1. The minimum Gasteiger partial charge on any atom is -0.352 e. The van der Waals surface area contributed by atoms with Gasteiger partial charge in [0.1, 0.15) is 0 Å². The Labute approximate surface area is 120 Å². The third kappa shape index (κ3) is 4.09. The Morgan fingerprint density at radius 3 is 3.10 bits per heavy atom.